The first-order chi connectivity index (χ1) is 10.8. The molecule has 3 rings (SSSR count). The molecule has 0 spiro atoms. The molecule has 2 N–H and O–H groups in total. The first kappa shape index (κ1) is 15.3. The lowest BCUT2D eigenvalue weighted by atomic mass is 10.1. The third-order valence-corrected chi connectivity index (χ3v) is 4.23. The number of amides is 1. The van der Waals surface area contributed by atoms with Gasteiger partial charge in [0.1, 0.15) is 0 Å². The summed E-state index contributed by atoms with van der Waals surface area (Å²) in [6.07, 6.45) is 0. The van der Waals surface area contributed by atoms with E-state index in [1.807, 2.05) is 0 Å². The molecule has 2 aromatic rings. The Morgan fingerprint density at radius 2 is 1.87 bits per heavy atom. The molecular weight excluding hydrogens is 322 g/mol. The summed E-state index contributed by atoms with van der Waals surface area (Å²) >= 11 is 0. The molecule has 0 saturated heterocycles. The molecule has 0 aliphatic carbocycles. The van der Waals surface area contributed by atoms with Gasteiger partial charge in [0, 0.05) is 11.3 Å². The van der Waals surface area contributed by atoms with Crippen LogP contribution in [0.25, 0.3) is 0 Å². The molecule has 1 aliphatic heterocycles. The quantitative estimate of drug-likeness (QED) is 0.834. The summed E-state index contributed by atoms with van der Waals surface area (Å²) in [7, 11) is -4.27. The Kier molecular flexibility index (Phi) is 3.70. The highest BCUT2D eigenvalue weighted by atomic mass is 32.2. The Morgan fingerprint density at radius 1 is 1.13 bits per heavy atom. The number of aryl methyl sites for hydroxylation is 1. The zero-order valence-electron chi connectivity index (χ0n) is 12.1. The van der Waals surface area contributed by atoms with Crippen molar-refractivity contribution in [1.29, 1.82) is 0 Å². The minimum absolute atomic E-state index is 0.122. The van der Waals surface area contributed by atoms with Gasteiger partial charge in [-0.1, -0.05) is 0 Å². The topological polar surface area (TPSA) is 102 Å². The highest BCUT2D eigenvalue weighted by molar-refractivity contribution is 7.85. The lowest BCUT2D eigenvalue weighted by molar-refractivity contribution is 0.102. The summed E-state index contributed by atoms with van der Waals surface area (Å²) in [5.74, 6) is 0.706. The van der Waals surface area contributed by atoms with Crippen molar-refractivity contribution >= 4 is 21.7 Å². The van der Waals surface area contributed by atoms with Gasteiger partial charge in [-0.25, -0.2) is 0 Å². The molecule has 23 heavy (non-hydrogen) atoms. The maximum Gasteiger partial charge on any atom is 0.294 e. The molecule has 120 valence electrons. The Balaban J connectivity index is 1.83. The third-order valence-electron chi connectivity index (χ3n) is 3.38. The molecule has 0 atom stereocenters. The lowest BCUT2D eigenvalue weighted by Gasteiger charge is -2.10. The number of fused-ring (bicyclic) bond motifs is 1. The van der Waals surface area contributed by atoms with Crippen LogP contribution in [0.1, 0.15) is 15.9 Å². The van der Waals surface area contributed by atoms with E-state index in [9.17, 15) is 13.2 Å². The van der Waals surface area contributed by atoms with E-state index in [1.54, 1.807) is 25.1 Å². The van der Waals surface area contributed by atoms with E-state index in [1.165, 1.54) is 18.2 Å². The van der Waals surface area contributed by atoms with E-state index in [0.29, 0.717) is 28.3 Å². The van der Waals surface area contributed by atoms with Crippen molar-refractivity contribution in [1.82, 2.24) is 0 Å². The van der Waals surface area contributed by atoms with Crippen LogP contribution in [0.5, 0.6) is 11.5 Å². The van der Waals surface area contributed by atoms with E-state index >= 15 is 0 Å². The van der Waals surface area contributed by atoms with Crippen LogP contribution in [0.3, 0.4) is 0 Å². The van der Waals surface area contributed by atoms with Crippen LogP contribution in [0, 0.1) is 6.92 Å². The average molecular weight is 335 g/mol. The van der Waals surface area contributed by atoms with E-state index in [4.69, 9.17) is 14.0 Å². The van der Waals surface area contributed by atoms with Gasteiger partial charge in [-0.3, -0.25) is 9.35 Å². The minimum atomic E-state index is -4.27. The SMILES string of the molecule is Cc1cc(S(=O)(=O)O)ccc1NC(=O)c1ccc2c(c1)OCO2. The number of rotatable bonds is 3. The van der Waals surface area contributed by atoms with Crippen molar-refractivity contribution in [3.8, 4) is 11.5 Å². The monoisotopic (exact) mass is 335 g/mol. The van der Waals surface area contributed by atoms with Crippen LogP contribution in [-0.2, 0) is 10.1 Å². The Bertz CT molecular complexity index is 891. The van der Waals surface area contributed by atoms with Gasteiger partial charge < -0.3 is 14.8 Å². The highest BCUT2D eigenvalue weighted by Gasteiger charge is 2.17. The number of nitrogens with one attached hydrogen (secondary N) is 1. The lowest BCUT2D eigenvalue weighted by Crippen LogP contribution is -2.13. The number of ether oxygens (including phenoxy) is 2. The molecule has 7 nitrogen and oxygen atoms in total. The molecule has 1 heterocycles. The van der Waals surface area contributed by atoms with E-state index in [0.717, 1.165) is 0 Å². The molecule has 1 amide bonds. The van der Waals surface area contributed by atoms with Crippen LogP contribution < -0.4 is 14.8 Å². The molecule has 8 heteroatoms. The molecule has 1 aliphatic rings. The van der Waals surface area contributed by atoms with Crippen LogP contribution in [0.15, 0.2) is 41.3 Å². The van der Waals surface area contributed by atoms with Crippen molar-refractivity contribution in [2.75, 3.05) is 12.1 Å². The third kappa shape index (κ3) is 3.13. The van der Waals surface area contributed by atoms with Gasteiger partial charge in [0.25, 0.3) is 16.0 Å². The van der Waals surface area contributed by atoms with Crippen LogP contribution in [0.2, 0.25) is 0 Å². The van der Waals surface area contributed by atoms with Crippen molar-refractivity contribution < 1.29 is 27.2 Å². The smallest absolute Gasteiger partial charge is 0.294 e. The second-order valence-electron chi connectivity index (χ2n) is 4.97. The van der Waals surface area contributed by atoms with Crippen molar-refractivity contribution in [2.45, 2.75) is 11.8 Å². The zero-order valence-corrected chi connectivity index (χ0v) is 12.9. The molecule has 2 aromatic carbocycles. The standard InChI is InChI=1S/C15H13NO6S/c1-9-6-11(23(18,19)20)3-4-12(9)16-15(17)10-2-5-13-14(7-10)22-8-21-13/h2-7H,8H2,1H3,(H,16,17)(H,18,19,20). The van der Waals surface area contributed by atoms with E-state index < -0.39 is 10.1 Å². The number of carbonyl (C=O) groups excluding carboxylic acids is 1. The number of benzene rings is 2. The molecule has 0 saturated carbocycles. The largest absolute Gasteiger partial charge is 0.454 e. The molecule has 0 radical (unpaired) electrons. The fourth-order valence-electron chi connectivity index (χ4n) is 2.17. The van der Waals surface area contributed by atoms with Crippen LogP contribution >= 0.6 is 0 Å². The second kappa shape index (κ2) is 5.56. The van der Waals surface area contributed by atoms with E-state index in [2.05, 4.69) is 5.32 Å². The Morgan fingerprint density at radius 3 is 2.57 bits per heavy atom. The second-order valence-corrected chi connectivity index (χ2v) is 6.40. The predicted octanol–water partition coefficient (Wildman–Crippen LogP) is 2.22. The summed E-state index contributed by atoms with van der Waals surface area (Å²) in [5.41, 5.74) is 1.33. The number of anilines is 1. The van der Waals surface area contributed by atoms with E-state index in [-0.39, 0.29) is 17.6 Å². The molecule has 0 aromatic heterocycles. The maximum atomic E-state index is 12.3. The summed E-state index contributed by atoms with van der Waals surface area (Å²) < 4.78 is 41.6. The summed E-state index contributed by atoms with van der Waals surface area (Å²) in [4.78, 5) is 12.0. The van der Waals surface area contributed by atoms with Gasteiger partial charge >= 0.3 is 0 Å². The Hall–Kier alpha value is -2.58. The molecular formula is C15H13NO6S. The van der Waals surface area contributed by atoms with Gasteiger partial charge in [0.05, 0.1) is 4.90 Å². The van der Waals surface area contributed by atoms with Gasteiger partial charge in [0.15, 0.2) is 11.5 Å². The molecule has 0 fully saturated rings. The van der Waals surface area contributed by atoms with Crippen LogP contribution in [0.4, 0.5) is 5.69 Å². The van der Waals surface area contributed by atoms with Crippen molar-refractivity contribution in [3.63, 3.8) is 0 Å². The van der Waals surface area contributed by atoms with Crippen LogP contribution in [-0.4, -0.2) is 25.7 Å². The predicted molar refractivity (Wildman–Crippen MR) is 81.5 cm³/mol. The fraction of sp³-hybridized carbons (Fsp3) is 0.133. The number of hydrogen-bond donors (Lipinski definition) is 2. The minimum Gasteiger partial charge on any atom is -0.454 e. The summed E-state index contributed by atoms with van der Waals surface area (Å²) in [6, 6.07) is 8.74. The highest BCUT2D eigenvalue weighted by Crippen LogP contribution is 2.32. The summed E-state index contributed by atoms with van der Waals surface area (Å²) in [6.45, 7) is 1.75. The van der Waals surface area contributed by atoms with Gasteiger partial charge in [-0.15, -0.1) is 0 Å². The molecule has 0 bridgehead atoms. The Labute approximate surface area is 132 Å². The van der Waals surface area contributed by atoms with Gasteiger partial charge in [-0.2, -0.15) is 8.42 Å². The maximum absolute atomic E-state index is 12.3. The fourth-order valence-corrected chi connectivity index (χ4v) is 2.73. The first-order valence-electron chi connectivity index (χ1n) is 6.64. The normalized spacial score (nSPS) is 13.0. The van der Waals surface area contributed by atoms with Crippen molar-refractivity contribution in [3.05, 3.63) is 47.5 Å². The van der Waals surface area contributed by atoms with Crippen molar-refractivity contribution in [2.24, 2.45) is 0 Å². The number of hydrogen-bond acceptors (Lipinski definition) is 5. The number of carbonyl (C=O) groups is 1. The average Bonchev–Trinajstić information content (AvgIpc) is 2.95. The first-order valence-corrected chi connectivity index (χ1v) is 8.08. The molecule has 0 unspecified atom stereocenters. The van der Waals surface area contributed by atoms with Gasteiger partial charge in [0.2, 0.25) is 6.79 Å². The summed E-state index contributed by atoms with van der Waals surface area (Å²) in [5, 5.41) is 2.68. The van der Waals surface area contributed by atoms with Gasteiger partial charge in [-0.05, 0) is 48.9 Å². The zero-order chi connectivity index (χ0) is 16.6.